The van der Waals surface area contributed by atoms with Gasteiger partial charge in [-0.15, -0.1) is 0 Å². The molecule has 2 heteroatoms. The van der Waals surface area contributed by atoms with E-state index in [9.17, 15) is 0 Å². The van der Waals surface area contributed by atoms with Crippen LogP contribution in [0.5, 0.6) is 0 Å². The van der Waals surface area contributed by atoms with E-state index in [1.807, 2.05) is 0 Å². The molecule has 112 valence electrons. The third-order valence-corrected chi connectivity index (χ3v) is 5.89. The van der Waals surface area contributed by atoms with Gasteiger partial charge in [0, 0.05) is 18.1 Å². The summed E-state index contributed by atoms with van der Waals surface area (Å²) in [6.07, 6.45) is 11.2. The van der Waals surface area contributed by atoms with E-state index in [0.717, 1.165) is 12.0 Å². The highest BCUT2D eigenvalue weighted by Gasteiger charge is 2.34. The van der Waals surface area contributed by atoms with Crippen molar-refractivity contribution in [1.29, 1.82) is 0 Å². The summed E-state index contributed by atoms with van der Waals surface area (Å²) in [7, 11) is 0. The highest BCUT2D eigenvalue weighted by molar-refractivity contribution is 4.93. The van der Waals surface area contributed by atoms with E-state index >= 15 is 0 Å². The van der Waals surface area contributed by atoms with Gasteiger partial charge in [-0.2, -0.15) is 0 Å². The van der Waals surface area contributed by atoms with Gasteiger partial charge in [-0.25, -0.2) is 0 Å². The molecule has 1 aliphatic carbocycles. The lowest BCUT2D eigenvalue weighted by Gasteiger charge is -2.41. The van der Waals surface area contributed by atoms with Crippen LogP contribution >= 0.6 is 0 Å². The summed E-state index contributed by atoms with van der Waals surface area (Å²) in [5.41, 5.74) is 0.374. The highest BCUT2D eigenvalue weighted by Crippen LogP contribution is 2.31. The largest absolute Gasteiger partial charge is 0.310 e. The number of nitrogens with one attached hydrogen (secondary N) is 1. The molecular formula is C17H34N2. The average molecular weight is 266 g/mol. The number of hydrogen-bond acceptors (Lipinski definition) is 2. The molecule has 1 saturated heterocycles. The van der Waals surface area contributed by atoms with Crippen molar-refractivity contribution < 1.29 is 0 Å². The van der Waals surface area contributed by atoms with Crippen LogP contribution in [0.25, 0.3) is 0 Å². The van der Waals surface area contributed by atoms with Gasteiger partial charge in [-0.05, 0) is 58.0 Å². The number of nitrogens with zero attached hydrogens (tertiary/aromatic N) is 1. The minimum absolute atomic E-state index is 0.374. The normalized spacial score (nSPS) is 27.9. The topological polar surface area (TPSA) is 15.3 Å². The molecule has 1 heterocycles. The van der Waals surface area contributed by atoms with E-state index in [1.54, 1.807) is 0 Å². The molecule has 1 saturated carbocycles. The maximum absolute atomic E-state index is 3.84. The van der Waals surface area contributed by atoms with Crippen molar-refractivity contribution in [3.05, 3.63) is 0 Å². The molecule has 2 aliphatic rings. The zero-order chi connectivity index (χ0) is 13.7. The Morgan fingerprint density at radius 3 is 2.42 bits per heavy atom. The maximum atomic E-state index is 3.84. The molecule has 1 unspecified atom stereocenters. The Bertz CT molecular complexity index is 254. The zero-order valence-corrected chi connectivity index (χ0v) is 13.4. The average Bonchev–Trinajstić information content (AvgIpc) is 2.70. The molecule has 1 aliphatic heterocycles. The second-order valence-electron chi connectivity index (χ2n) is 6.88. The predicted octanol–water partition coefficient (Wildman–Crippen LogP) is 3.81. The summed E-state index contributed by atoms with van der Waals surface area (Å²) < 4.78 is 0. The molecule has 2 rings (SSSR count). The van der Waals surface area contributed by atoms with Crippen molar-refractivity contribution in [1.82, 2.24) is 10.2 Å². The lowest BCUT2D eigenvalue weighted by molar-refractivity contribution is 0.102. The van der Waals surface area contributed by atoms with Gasteiger partial charge >= 0.3 is 0 Å². The fourth-order valence-electron chi connectivity index (χ4n) is 4.15. The molecule has 0 aromatic heterocycles. The second-order valence-corrected chi connectivity index (χ2v) is 6.88. The number of hydrogen-bond donors (Lipinski definition) is 1. The smallest absolute Gasteiger partial charge is 0.0303 e. The highest BCUT2D eigenvalue weighted by atomic mass is 15.2. The van der Waals surface area contributed by atoms with Crippen LogP contribution < -0.4 is 5.32 Å². The van der Waals surface area contributed by atoms with E-state index < -0.39 is 0 Å². The van der Waals surface area contributed by atoms with Crippen molar-refractivity contribution >= 4 is 0 Å². The van der Waals surface area contributed by atoms with Gasteiger partial charge in [-0.3, -0.25) is 4.90 Å². The SMILES string of the molecule is CCC1(CC)CN(C(C)C2CCCCC2)CCCN1. The van der Waals surface area contributed by atoms with Crippen LogP contribution in [0.1, 0.15) is 72.1 Å². The molecule has 2 fully saturated rings. The van der Waals surface area contributed by atoms with E-state index in [0.29, 0.717) is 5.54 Å². The standard InChI is InChI=1S/C17H34N2/c1-4-17(5-2)14-19(13-9-12-18-17)15(3)16-10-7-6-8-11-16/h15-16,18H,4-14H2,1-3H3. The first-order valence-electron chi connectivity index (χ1n) is 8.70. The third-order valence-electron chi connectivity index (χ3n) is 5.89. The van der Waals surface area contributed by atoms with Gasteiger partial charge in [0.15, 0.2) is 0 Å². The third kappa shape index (κ3) is 3.72. The van der Waals surface area contributed by atoms with Crippen molar-refractivity contribution in [2.45, 2.75) is 83.7 Å². The molecule has 0 bridgehead atoms. The molecule has 1 atom stereocenters. The lowest BCUT2D eigenvalue weighted by Crippen LogP contribution is -2.53. The minimum Gasteiger partial charge on any atom is -0.310 e. The zero-order valence-electron chi connectivity index (χ0n) is 13.4. The van der Waals surface area contributed by atoms with Gasteiger partial charge < -0.3 is 5.32 Å². The summed E-state index contributed by atoms with van der Waals surface area (Å²) in [6, 6.07) is 0.790. The van der Waals surface area contributed by atoms with Crippen LogP contribution in [-0.2, 0) is 0 Å². The van der Waals surface area contributed by atoms with Crippen molar-refractivity contribution in [3.63, 3.8) is 0 Å². The van der Waals surface area contributed by atoms with Crippen molar-refractivity contribution in [2.24, 2.45) is 5.92 Å². The van der Waals surface area contributed by atoms with Gasteiger partial charge in [0.2, 0.25) is 0 Å². The van der Waals surface area contributed by atoms with Crippen molar-refractivity contribution in [2.75, 3.05) is 19.6 Å². The Morgan fingerprint density at radius 1 is 1.11 bits per heavy atom. The van der Waals surface area contributed by atoms with Crippen LogP contribution in [0.3, 0.4) is 0 Å². The maximum Gasteiger partial charge on any atom is 0.0303 e. The fourth-order valence-corrected chi connectivity index (χ4v) is 4.15. The Hall–Kier alpha value is -0.0800. The van der Waals surface area contributed by atoms with E-state index in [4.69, 9.17) is 0 Å². The van der Waals surface area contributed by atoms with Crippen LogP contribution in [0.15, 0.2) is 0 Å². The Balaban J connectivity index is 2.00. The molecule has 19 heavy (non-hydrogen) atoms. The first-order chi connectivity index (χ1) is 9.21. The summed E-state index contributed by atoms with van der Waals surface area (Å²) in [5.74, 6) is 0.957. The Morgan fingerprint density at radius 2 is 1.79 bits per heavy atom. The quantitative estimate of drug-likeness (QED) is 0.832. The summed E-state index contributed by atoms with van der Waals surface area (Å²) >= 11 is 0. The minimum atomic E-state index is 0.374. The molecule has 0 aromatic carbocycles. The molecule has 0 aromatic rings. The van der Waals surface area contributed by atoms with Crippen LogP contribution in [0.4, 0.5) is 0 Å². The summed E-state index contributed by atoms with van der Waals surface area (Å²) in [4.78, 5) is 2.81. The van der Waals surface area contributed by atoms with Crippen LogP contribution in [0, 0.1) is 5.92 Å². The van der Waals surface area contributed by atoms with Gasteiger partial charge in [0.05, 0.1) is 0 Å². The Kier molecular flexibility index (Phi) is 5.70. The first kappa shape index (κ1) is 15.3. The number of rotatable bonds is 4. The van der Waals surface area contributed by atoms with Crippen LogP contribution in [0.2, 0.25) is 0 Å². The van der Waals surface area contributed by atoms with E-state index in [2.05, 4.69) is 31.0 Å². The van der Waals surface area contributed by atoms with Gasteiger partial charge in [0.25, 0.3) is 0 Å². The molecule has 0 spiro atoms. The molecule has 0 radical (unpaired) electrons. The lowest BCUT2D eigenvalue weighted by atomic mass is 9.83. The molecule has 2 nitrogen and oxygen atoms in total. The predicted molar refractivity (Wildman–Crippen MR) is 83.5 cm³/mol. The fraction of sp³-hybridized carbons (Fsp3) is 1.00. The van der Waals surface area contributed by atoms with Crippen LogP contribution in [-0.4, -0.2) is 36.1 Å². The monoisotopic (exact) mass is 266 g/mol. The molecule has 0 amide bonds. The molecule has 1 N–H and O–H groups in total. The van der Waals surface area contributed by atoms with Crippen molar-refractivity contribution in [3.8, 4) is 0 Å². The summed E-state index contributed by atoms with van der Waals surface area (Å²) in [5, 5.41) is 3.84. The first-order valence-corrected chi connectivity index (χ1v) is 8.70. The molecular weight excluding hydrogens is 232 g/mol. The van der Waals surface area contributed by atoms with E-state index in [-0.39, 0.29) is 0 Å². The van der Waals surface area contributed by atoms with Gasteiger partial charge in [-0.1, -0.05) is 33.1 Å². The second kappa shape index (κ2) is 7.08. The van der Waals surface area contributed by atoms with E-state index in [1.165, 1.54) is 71.0 Å². The summed E-state index contributed by atoms with van der Waals surface area (Å²) in [6.45, 7) is 11.0. The Labute approximate surface area is 120 Å². The van der Waals surface area contributed by atoms with Gasteiger partial charge in [0.1, 0.15) is 0 Å².